The van der Waals surface area contributed by atoms with Crippen LogP contribution in [0, 0.1) is 5.92 Å². The number of anilines is 1. The zero-order valence-electron chi connectivity index (χ0n) is 11.3. The largest absolute Gasteiger partial charge is 0.493 e. The molecule has 0 amide bonds. The van der Waals surface area contributed by atoms with Gasteiger partial charge in [-0.05, 0) is 30.9 Å². The van der Waals surface area contributed by atoms with Crippen LogP contribution in [0.1, 0.15) is 26.7 Å². The predicted octanol–water partition coefficient (Wildman–Crippen LogP) is 3.31. The van der Waals surface area contributed by atoms with Gasteiger partial charge >= 0.3 is 0 Å². The van der Waals surface area contributed by atoms with E-state index in [2.05, 4.69) is 31.3 Å². The maximum Gasteiger partial charge on any atom is 0.121 e. The first kappa shape index (κ1) is 13.2. The van der Waals surface area contributed by atoms with Gasteiger partial charge < -0.3 is 14.8 Å². The van der Waals surface area contributed by atoms with E-state index < -0.39 is 0 Å². The fourth-order valence-electron chi connectivity index (χ4n) is 2.02. The van der Waals surface area contributed by atoms with E-state index in [0.29, 0.717) is 12.0 Å². The topological polar surface area (TPSA) is 30.5 Å². The van der Waals surface area contributed by atoms with E-state index >= 15 is 0 Å². The number of rotatable bonds is 5. The van der Waals surface area contributed by atoms with Crippen molar-refractivity contribution in [2.75, 3.05) is 25.1 Å². The minimum absolute atomic E-state index is 0.527. The molecule has 0 aromatic heterocycles. The molecule has 1 aliphatic heterocycles. The summed E-state index contributed by atoms with van der Waals surface area (Å²) in [6.07, 6.45) is 2.16. The number of nitrogens with one attached hydrogen (secondary N) is 1. The highest BCUT2D eigenvalue weighted by molar-refractivity contribution is 5.48. The van der Waals surface area contributed by atoms with Crippen LogP contribution in [-0.2, 0) is 4.74 Å². The molecule has 1 saturated heterocycles. The highest BCUT2D eigenvalue weighted by Crippen LogP contribution is 2.20. The van der Waals surface area contributed by atoms with E-state index in [9.17, 15) is 0 Å². The van der Waals surface area contributed by atoms with Gasteiger partial charge in [0.05, 0.1) is 6.61 Å². The highest BCUT2D eigenvalue weighted by Gasteiger charge is 2.13. The minimum atomic E-state index is 0.527. The van der Waals surface area contributed by atoms with Crippen molar-refractivity contribution in [3.63, 3.8) is 0 Å². The molecule has 1 aromatic rings. The van der Waals surface area contributed by atoms with Crippen molar-refractivity contribution in [1.82, 2.24) is 0 Å². The number of benzene rings is 1. The van der Waals surface area contributed by atoms with E-state index in [4.69, 9.17) is 9.47 Å². The fraction of sp³-hybridized carbons (Fsp3) is 0.600. The molecule has 0 atom stereocenters. The summed E-state index contributed by atoms with van der Waals surface area (Å²) in [6, 6.07) is 8.75. The summed E-state index contributed by atoms with van der Waals surface area (Å²) >= 11 is 0. The van der Waals surface area contributed by atoms with Crippen LogP contribution < -0.4 is 10.1 Å². The maximum absolute atomic E-state index is 5.73. The minimum Gasteiger partial charge on any atom is -0.493 e. The van der Waals surface area contributed by atoms with Gasteiger partial charge in [0.1, 0.15) is 5.75 Å². The Labute approximate surface area is 109 Å². The third-order valence-corrected chi connectivity index (χ3v) is 3.01. The average Bonchev–Trinajstić information content (AvgIpc) is 2.38. The molecular weight excluding hydrogens is 226 g/mol. The Morgan fingerprint density at radius 3 is 2.83 bits per heavy atom. The first-order valence-corrected chi connectivity index (χ1v) is 6.81. The third kappa shape index (κ3) is 4.22. The number of ether oxygens (including phenoxy) is 2. The second-order valence-corrected chi connectivity index (χ2v) is 5.26. The smallest absolute Gasteiger partial charge is 0.121 e. The zero-order chi connectivity index (χ0) is 12.8. The molecule has 3 nitrogen and oxygen atoms in total. The second-order valence-electron chi connectivity index (χ2n) is 5.26. The summed E-state index contributed by atoms with van der Waals surface area (Å²) in [5.74, 6) is 1.50. The zero-order valence-corrected chi connectivity index (χ0v) is 11.3. The van der Waals surface area contributed by atoms with Crippen molar-refractivity contribution in [2.24, 2.45) is 5.92 Å². The van der Waals surface area contributed by atoms with Crippen LogP contribution in [0.2, 0.25) is 0 Å². The molecule has 3 heteroatoms. The van der Waals surface area contributed by atoms with E-state index in [-0.39, 0.29) is 0 Å². The van der Waals surface area contributed by atoms with Gasteiger partial charge in [-0.25, -0.2) is 0 Å². The number of hydrogen-bond acceptors (Lipinski definition) is 3. The molecule has 100 valence electrons. The van der Waals surface area contributed by atoms with Crippen molar-refractivity contribution in [1.29, 1.82) is 0 Å². The van der Waals surface area contributed by atoms with Gasteiger partial charge in [-0.1, -0.05) is 19.9 Å². The Kier molecular flexibility index (Phi) is 4.88. The Bertz CT molecular complexity index is 359. The molecule has 0 bridgehead atoms. The number of hydrogen-bond donors (Lipinski definition) is 1. The molecule has 0 unspecified atom stereocenters. The van der Waals surface area contributed by atoms with Gasteiger partial charge in [-0.2, -0.15) is 0 Å². The molecule has 2 rings (SSSR count). The van der Waals surface area contributed by atoms with E-state index in [1.807, 2.05) is 12.1 Å². The maximum atomic E-state index is 5.73. The van der Waals surface area contributed by atoms with Crippen molar-refractivity contribution < 1.29 is 9.47 Å². The van der Waals surface area contributed by atoms with Crippen LogP contribution in [-0.4, -0.2) is 25.9 Å². The predicted molar refractivity (Wildman–Crippen MR) is 74.2 cm³/mol. The fourth-order valence-corrected chi connectivity index (χ4v) is 2.02. The summed E-state index contributed by atoms with van der Waals surface area (Å²) in [4.78, 5) is 0. The molecule has 1 heterocycles. The molecule has 1 N–H and O–H groups in total. The lowest BCUT2D eigenvalue weighted by Crippen LogP contribution is -2.27. The van der Waals surface area contributed by atoms with E-state index in [0.717, 1.165) is 44.1 Å². The monoisotopic (exact) mass is 249 g/mol. The molecule has 0 saturated carbocycles. The van der Waals surface area contributed by atoms with Crippen molar-refractivity contribution in [3.8, 4) is 5.75 Å². The first-order valence-electron chi connectivity index (χ1n) is 6.81. The Hall–Kier alpha value is -1.22. The van der Waals surface area contributed by atoms with Gasteiger partial charge in [0.2, 0.25) is 0 Å². The lowest BCUT2D eigenvalue weighted by atomic mass is 10.1. The lowest BCUT2D eigenvalue weighted by molar-refractivity contribution is 0.0904. The van der Waals surface area contributed by atoms with Gasteiger partial charge in [0.15, 0.2) is 0 Å². The molecule has 0 aliphatic carbocycles. The lowest BCUT2D eigenvalue weighted by Gasteiger charge is -2.24. The van der Waals surface area contributed by atoms with Crippen molar-refractivity contribution in [3.05, 3.63) is 24.3 Å². The summed E-state index contributed by atoms with van der Waals surface area (Å²) in [5, 5.41) is 3.55. The quantitative estimate of drug-likeness (QED) is 0.868. The second kappa shape index (κ2) is 6.64. The van der Waals surface area contributed by atoms with Crippen LogP contribution in [0.15, 0.2) is 24.3 Å². The van der Waals surface area contributed by atoms with Gasteiger partial charge in [0.25, 0.3) is 0 Å². The van der Waals surface area contributed by atoms with Gasteiger partial charge in [-0.3, -0.25) is 0 Å². The SMILES string of the molecule is CC(C)COc1cccc(NC2CCOCC2)c1. The van der Waals surface area contributed by atoms with Crippen LogP contribution in [0.5, 0.6) is 5.75 Å². The van der Waals surface area contributed by atoms with Crippen LogP contribution >= 0.6 is 0 Å². The molecule has 1 aromatic carbocycles. The molecular formula is C15H23NO2. The molecule has 0 spiro atoms. The van der Waals surface area contributed by atoms with Crippen molar-refractivity contribution >= 4 is 5.69 Å². The van der Waals surface area contributed by atoms with E-state index in [1.165, 1.54) is 0 Å². The molecule has 1 aliphatic rings. The van der Waals surface area contributed by atoms with Crippen LogP contribution in [0.4, 0.5) is 5.69 Å². The Morgan fingerprint density at radius 1 is 1.33 bits per heavy atom. The summed E-state index contributed by atoms with van der Waals surface area (Å²) in [7, 11) is 0. The summed E-state index contributed by atoms with van der Waals surface area (Å²) < 4.78 is 11.1. The average molecular weight is 249 g/mol. The molecule has 1 fully saturated rings. The first-order chi connectivity index (χ1) is 8.74. The third-order valence-electron chi connectivity index (χ3n) is 3.01. The van der Waals surface area contributed by atoms with Crippen molar-refractivity contribution in [2.45, 2.75) is 32.7 Å². The van der Waals surface area contributed by atoms with Crippen LogP contribution in [0.25, 0.3) is 0 Å². The van der Waals surface area contributed by atoms with Crippen LogP contribution in [0.3, 0.4) is 0 Å². The van der Waals surface area contributed by atoms with Gasteiger partial charge in [0, 0.05) is 31.0 Å². The Balaban J connectivity index is 1.89. The summed E-state index contributed by atoms with van der Waals surface area (Å²) in [5.41, 5.74) is 1.14. The molecule has 0 radical (unpaired) electrons. The summed E-state index contributed by atoms with van der Waals surface area (Å²) in [6.45, 7) is 6.80. The molecule has 18 heavy (non-hydrogen) atoms. The Morgan fingerprint density at radius 2 is 2.11 bits per heavy atom. The normalized spacial score (nSPS) is 16.8. The van der Waals surface area contributed by atoms with Gasteiger partial charge in [-0.15, -0.1) is 0 Å². The van der Waals surface area contributed by atoms with E-state index in [1.54, 1.807) is 0 Å². The standard InChI is InChI=1S/C15H23NO2/c1-12(2)11-18-15-5-3-4-14(10-15)16-13-6-8-17-9-7-13/h3-5,10,12-13,16H,6-9,11H2,1-2H3. The highest BCUT2D eigenvalue weighted by atomic mass is 16.5.